The summed E-state index contributed by atoms with van der Waals surface area (Å²) in [6.07, 6.45) is 8.07. The van der Waals surface area contributed by atoms with E-state index in [0.717, 1.165) is 13.1 Å². The van der Waals surface area contributed by atoms with Crippen LogP contribution in [0.4, 0.5) is 0 Å². The Morgan fingerprint density at radius 2 is 2.64 bits per heavy atom. The monoisotopic (exact) mass is 150 g/mol. The molecule has 0 aliphatic carbocycles. The van der Waals surface area contributed by atoms with Gasteiger partial charge in [0.15, 0.2) is 0 Å². The van der Waals surface area contributed by atoms with Gasteiger partial charge < -0.3 is 10.2 Å². The van der Waals surface area contributed by atoms with Crippen molar-refractivity contribution in [3.63, 3.8) is 0 Å². The largest absolute Gasteiger partial charge is 0.383 e. The summed E-state index contributed by atoms with van der Waals surface area (Å²) in [5.74, 6) is 0. The average Bonchev–Trinajstić information content (AvgIpc) is 2.06. The number of hydrogen-bond donors (Lipinski definition) is 1. The molecule has 1 rings (SSSR count). The van der Waals surface area contributed by atoms with Crippen molar-refractivity contribution in [2.45, 2.75) is 0 Å². The van der Waals surface area contributed by atoms with Gasteiger partial charge in [-0.3, -0.25) is 0 Å². The second-order valence-corrected chi connectivity index (χ2v) is 2.60. The van der Waals surface area contributed by atoms with Crippen molar-refractivity contribution in [1.82, 2.24) is 10.2 Å². The maximum Gasteiger partial charge on any atom is 0.0567 e. The van der Waals surface area contributed by atoms with Gasteiger partial charge in [0.05, 0.1) is 6.54 Å². The summed E-state index contributed by atoms with van der Waals surface area (Å²) in [5, 5.41) is 3.27. The molecule has 1 aliphatic heterocycles. The topological polar surface area (TPSA) is 15.3 Å². The van der Waals surface area contributed by atoms with E-state index in [1.807, 2.05) is 18.1 Å². The molecule has 0 bridgehead atoms. The standard InChI is InChI=1S/C9H14N2/c1-3-11(2)8-9-6-4-5-7-10-9/h3-6,10H,1,7-8H2,2H3. The molecular weight excluding hydrogens is 136 g/mol. The van der Waals surface area contributed by atoms with E-state index in [0.29, 0.717) is 0 Å². The lowest BCUT2D eigenvalue weighted by molar-refractivity contribution is 0.483. The molecule has 0 spiro atoms. The first-order valence-corrected chi connectivity index (χ1v) is 3.75. The van der Waals surface area contributed by atoms with Gasteiger partial charge in [-0.1, -0.05) is 18.7 Å². The van der Waals surface area contributed by atoms with E-state index < -0.39 is 0 Å². The molecule has 1 aliphatic rings. The van der Waals surface area contributed by atoms with Crippen molar-refractivity contribution in [1.29, 1.82) is 0 Å². The van der Waals surface area contributed by atoms with Gasteiger partial charge >= 0.3 is 0 Å². The van der Waals surface area contributed by atoms with Gasteiger partial charge in [-0.05, 0) is 12.3 Å². The van der Waals surface area contributed by atoms with E-state index in [4.69, 9.17) is 0 Å². The Balaban J connectivity index is 2.41. The summed E-state index contributed by atoms with van der Waals surface area (Å²) >= 11 is 0. The van der Waals surface area contributed by atoms with Crippen LogP contribution in [0.5, 0.6) is 0 Å². The van der Waals surface area contributed by atoms with E-state index in [9.17, 15) is 0 Å². The lowest BCUT2D eigenvalue weighted by Crippen LogP contribution is -2.25. The van der Waals surface area contributed by atoms with Crippen LogP contribution < -0.4 is 5.32 Å². The molecule has 0 saturated heterocycles. The lowest BCUT2D eigenvalue weighted by Gasteiger charge is -2.18. The molecule has 0 unspecified atom stereocenters. The normalized spacial score (nSPS) is 15.2. The van der Waals surface area contributed by atoms with Gasteiger partial charge in [-0.15, -0.1) is 0 Å². The fourth-order valence-corrected chi connectivity index (χ4v) is 0.943. The lowest BCUT2D eigenvalue weighted by atomic mass is 10.3. The molecule has 0 atom stereocenters. The fraction of sp³-hybridized carbons (Fsp3) is 0.333. The highest BCUT2D eigenvalue weighted by molar-refractivity contribution is 5.17. The van der Waals surface area contributed by atoms with Gasteiger partial charge in [-0.25, -0.2) is 0 Å². The number of likely N-dealkylation sites (N-methyl/N-ethyl adjacent to an activating group) is 1. The number of dihydropyridines is 1. The molecular formula is C9H14N2. The number of rotatable bonds is 3. The molecule has 60 valence electrons. The number of hydrogen-bond acceptors (Lipinski definition) is 2. The second kappa shape index (κ2) is 3.86. The summed E-state index contributed by atoms with van der Waals surface area (Å²) in [6, 6.07) is 0. The summed E-state index contributed by atoms with van der Waals surface area (Å²) in [6.45, 7) is 5.53. The first-order valence-electron chi connectivity index (χ1n) is 3.75. The maximum atomic E-state index is 3.68. The molecule has 0 aromatic heterocycles. The Morgan fingerprint density at radius 3 is 3.18 bits per heavy atom. The van der Waals surface area contributed by atoms with Gasteiger partial charge in [-0.2, -0.15) is 0 Å². The maximum absolute atomic E-state index is 3.68. The van der Waals surface area contributed by atoms with Crippen LogP contribution in [0.1, 0.15) is 0 Å². The number of nitrogens with one attached hydrogen (secondary N) is 1. The molecule has 0 amide bonds. The summed E-state index contributed by atoms with van der Waals surface area (Å²) in [4.78, 5) is 2.04. The van der Waals surface area contributed by atoms with E-state index >= 15 is 0 Å². The summed E-state index contributed by atoms with van der Waals surface area (Å²) < 4.78 is 0. The highest BCUT2D eigenvalue weighted by Gasteiger charge is 1.98. The Bertz CT molecular complexity index is 192. The molecule has 0 aromatic carbocycles. The third kappa shape index (κ3) is 2.50. The van der Waals surface area contributed by atoms with Crippen LogP contribution in [-0.4, -0.2) is 25.0 Å². The molecule has 0 saturated carbocycles. The van der Waals surface area contributed by atoms with Gasteiger partial charge in [0, 0.05) is 19.3 Å². The fourth-order valence-electron chi connectivity index (χ4n) is 0.943. The molecule has 11 heavy (non-hydrogen) atoms. The molecule has 1 N–H and O–H groups in total. The Morgan fingerprint density at radius 1 is 1.82 bits per heavy atom. The minimum atomic E-state index is 0.911. The Labute approximate surface area is 67.9 Å². The molecule has 0 fully saturated rings. The third-order valence-electron chi connectivity index (χ3n) is 1.61. The number of allylic oxidation sites excluding steroid dienone is 2. The van der Waals surface area contributed by atoms with Gasteiger partial charge in [0.1, 0.15) is 0 Å². The van der Waals surface area contributed by atoms with Gasteiger partial charge in [0.2, 0.25) is 0 Å². The third-order valence-corrected chi connectivity index (χ3v) is 1.61. The van der Waals surface area contributed by atoms with Crippen LogP contribution in [0.2, 0.25) is 0 Å². The van der Waals surface area contributed by atoms with Crippen molar-refractivity contribution in [3.05, 3.63) is 36.7 Å². The van der Waals surface area contributed by atoms with Crippen molar-refractivity contribution in [2.24, 2.45) is 0 Å². The minimum Gasteiger partial charge on any atom is -0.383 e. The van der Waals surface area contributed by atoms with Crippen molar-refractivity contribution >= 4 is 0 Å². The van der Waals surface area contributed by atoms with Crippen molar-refractivity contribution < 1.29 is 0 Å². The van der Waals surface area contributed by atoms with Crippen LogP contribution in [0, 0.1) is 0 Å². The highest BCUT2D eigenvalue weighted by atomic mass is 15.1. The molecule has 2 heteroatoms. The molecule has 0 radical (unpaired) electrons. The van der Waals surface area contributed by atoms with Crippen molar-refractivity contribution in [2.75, 3.05) is 20.1 Å². The smallest absolute Gasteiger partial charge is 0.0567 e. The first-order chi connectivity index (χ1) is 5.33. The SMILES string of the molecule is C=CN(C)CC1=CC=CCN1. The summed E-state index contributed by atoms with van der Waals surface area (Å²) in [5.41, 5.74) is 1.25. The van der Waals surface area contributed by atoms with Crippen LogP contribution in [-0.2, 0) is 0 Å². The minimum absolute atomic E-state index is 0.911. The Kier molecular flexibility index (Phi) is 2.78. The zero-order chi connectivity index (χ0) is 8.10. The van der Waals surface area contributed by atoms with Crippen LogP contribution in [0.25, 0.3) is 0 Å². The Hall–Kier alpha value is -1.18. The zero-order valence-electron chi connectivity index (χ0n) is 6.88. The quantitative estimate of drug-likeness (QED) is 0.648. The van der Waals surface area contributed by atoms with E-state index in [1.54, 1.807) is 0 Å². The van der Waals surface area contributed by atoms with E-state index in [-0.39, 0.29) is 0 Å². The first kappa shape index (κ1) is 7.92. The molecule has 0 aromatic rings. The summed E-state index contributed by atoms with van der Waals surface area (Å²) in [7, 11) is 2.01. The highest BCUT2D eigenvalue weighted by Crippen LogP contribution is 1.98. The zero-order valence-corrected chi connectivity index (χ0v) is 6.88. The van der Waals surface area contributed by atoms with E-state index in [2.05, 4.69) is 30.1 Å². The van der Waals surface area contributed by atoms with Crippen LogP contribution >= 0.6 is 0 Å². The second-order valence-electron chi connectivity index (χ2n) is 2.60. The van der Waals surface area contributed by atoms with Gasteiger partial charge in [0.25, 0.3) is 0 Å². The van der Waals surface area contributed by atoms with E-state index in [1.165, 1.54) is 5.70 Å². The van der Waals surface area contributed by atoms with Crippen LogP contribution in [0.3, 0.4) is 0 Å². The average molecular weight is 150 g/mol. The molecule has 2 nitrogen and oxygen atoms in total. The van der Waals surface area contributed by atoms with Crippen molar-refractivity contribution in [3.8, 4) is 0 Å². The predicted molar refractivity (Wildman–Crippen MR) is 48.1 cm³/mol. The molecule has 1 heterocycles. The van der Waals surface area contributed by atoms with Crippen LogP contribution in [0.15, 0.2) is 36.7 Å². The predicted octanol–water partition coefficient (Wildman–Crippen LogP) is 1.10. The number of nitrogens with zero attached hydrogens (tertiary/aromatic N) is 1.